The molecule has 0 aliphatic rings. The molecule has 7 rings (SSSR count). The monoisotopic (exact) mass is 409 g/mol. The SMILES string of the molecule is c1ccc(-n2c3ccccc3c3c(-c4cccc5oc6ccccc6c45)cccc32)cc1. The van der Waals surface area contributed by atoms with Gasteiger partial charge in [0.2, 0.25) is 0 Å². The number of hydrogen-bond donors (Lipinski definition) is 0. The first-order chi connectivity index (χ1) is 15.9. The molecule has 7 aromatic rings. The highest BCUT2D eigenvalue weighted by atomic mass is 16.3. The Morgan fingerprint density at radius 2 is 1.06 bits per heavy atom. The number of furan rings is 1. The molecule has 0 aliphatic heterocycles. The van der Waals surface area contributed by atoms with E-state index >= 15 is 0 Å². The highest BCUT2D eigenvalue weighted by Gasteiger charge is 2.18. The van der Waals surface area contributed by atoms with E-state index in [-0.39, 0.29) is 0 Å². The maximum atomic E-state index is 6.18. The van der Waals surface area contributed by atoms with E-state index in [1.165, 1.54) is 44.0 Å². The van der Waals surface area contributed by atoms with Crippen molar-refractivity contribution in [3.05, 3.63) is 115 Å². The van der Waals surface area contributed by atoms with Gasteiger partial charge in [-0.3, -0.25) is 0 Å². The number of hydrogen-bond acceptors (Lipinski definition) is 1. The molecule has 2 heteroatoms. The standard InChI is InChI=1S/C30H19NO/c1-2-10-20(11-3-1)31-25-16-6-4-12-23(25)29-21(14-8-17-26(29)31)22-15-9-19-28-30(22)24-13-5-7-18-27(24)32-28/h1-19H. The van der Waals surface area contributed by atoms with Gasteiger partial charge in [-0.15, -0.1) is 0 Å². The van der Waals surface area contributed by atoms with E-state index in [0.717, 1.165) is 16.6 Å². The topological polar surface area (TPSA) is 18.1 Å². The average Bonchev–Trinajstić information content (AvgIpc) is 3.40. The van der Waals surface area contributed by atoms with E-state index in [2.05, 4.69) is 108 Å². The Morgan fingerprint density at radius 3 is 1.94 bits per heavy atom. The van der Waals surface area contributed by atoms with E-state index in [1.54, 1.807) is 0 Å². The molecule has 0 amide bonds. The summed E-state index contributed by atoms with van der Waals surface area (Å²) in [5.41, 5.74) is 7.87. The van der Waals surface area contributed by atoms with Crippen molar-refractivity contribution in [1.29, 1.82) is 0 Å². The summed E-state index contributed by atoms with van der Waals surface area (Å²) in [6.07, 6.45) is 0. The highest BCUT2D eigenvalue weighted by molar-refractivity contribution is 6.20. The lowest BCUT2D eigenvalue weighted by Gasteiger charge is -2.09. The summed E-state index contributed by atoms with van der Waals surface area (Å²) in [6, 6.07) is 40.6. The summed E-state index contributed by atoms with van der Waals surface area (Å²) < 4.78 is 8.55. The van der Waals surface area contributed by atoms with Crippen molar-refractivity contribution in [3.8, 4) is 16.8 Å². The molecule has 0 radical (unpaired) electrons. The lowest BCUT2D eigenvalue weighted by atomic mass is 9.95. The molecule has 5 aromatic carbocycles. The number of aromatic nitrogens is 1. The van der Waals surface area contributed by atoms with Crippen LogP contribution in [0.15, 0.2) is 120 Å². The van der Waals surface area contributed by atoms with E-state index < -0.39 is 0 Å². The molecule has 0 N–H and O–H groups in total. The zero-order chi connectivity index (χ0) is 21.1. The Kier molecular flexibility index (Phi) is 3.58. The maximum absolute atomic E-state index is 6.18. The summed E-state index contributed by atoms with van der Waals surface area (Å²) in [5, 5.41) is 4.85. The summed E-state index contributed by atoms with van der Waals surface area (Å²) in [7, 11) is 0. The molecule has 2 heterocycles. The van der Waals surface area contributed by atoms with Crippen molar-refractivity contribution < 1.29 is 4.42 Å². The van der Waals surface area contributed by atoms with E-state index in [9.17, 15) is 0 Å². The predicted molar refractivity (Wildman–Crippen MR) is 133 cm³/mol. The van der Waals surface area contributed by atoms with Gasteiger partial charge in [0.1, 0.15) is 11.2 Å². The maximum Gasteiger partial charge on any atom is 0.136 e. The third-order valence-electron chi connectivity index (χ3n) is 6.40. The second-order valence-corrected chi connectivity index (χ2v) is 8.16. The fourth-order valence-electron chi connectivity index (χ4n) is 5.10. The van der Waals surface area contributed by atoms with Crippen LogP contribution >= 0.6 is 0 Å². The highest BCUT2D eigenvalue weighted by Crippen LogP contribution is 2.42. The van der Waals surface area contributed by atoms with Gasteiger partial charge in [0.05, 0.1) is 11.0 Å². The van der Waals surface area contributed by atoms with Crippen molar-refractivity contribution in [2.75, 3.05) is 0 Å². The summed E-state index contributed by atoms with van der Waals surface area (Å²) >= 11 is 0. The Bertz CT molecular complexity index is 1770. The zero-order valence-electron chi connectivity index (χ0n) is 17.3. The van der Waals surface area contributed by atoms with Crippen LogP contribution in [0.3, 0.4) is 0 Å². The minimum Gasteiger partial charge on any atom is -0.456 e. The van der Waals surface area contributed by atoms with Crippen LogP contribution in [-0.2, 0) is 0 Å². The number of rotatable bonds is 2. The van der Waals surface area contributed by atoms with Gasteiger partial charge in [0.15, 0.2) is 0 Å². The van der Waals surface area contributed by atoms with Gasteiger partial charge in [0.25, 0.3) is 0 Å². The normalized spacial score (nSPS) is 11.8. The molecule has 32 heavy (non-hydrogen) atoms. The van der Waals surface area contributed by atoms with Crippen LogP contribution in [0.2, 0.25) is 0 Å². The summed E-state index contributed by atoms with van der Waals surface area (Å²) in [4.78, 5) is 0. The quantitative estimate of drug-likeness (QED) is 0.280. The largest absolute Gasteiger partial charge is 0.456 e. The fraction of sp³-hybridized carbons (Fsp3) is 0. The molecular formula is C30H19NO. The molecule has 2 nitrogen and oxygen atoms in total. The van der Waals surface area contributed by atoms with E-state index in [0.29, 0.717) is 0 Å². The second-order valence-electron chi connectivity index (χ2n) is 8.16. The third-order valence-corrected chi connectivity index (χ3v) is 6.40. The van der Waals surface area contributed by atoms with Gasteiger partial charge in [0, 0.05) is 27.2 Å². The molecule has 0 spiro atoms. The molecule has 150 valence electrons. The van der Waals surface area contributed by atoms with Crippen LogP contribution in [0.1, 0.15) is 0 Å². The Labute approximate surface area is 184 Å². The van der Waals surface area contributed by atoms with Gasteiger partial charge in [-0.05, 0) is 47.5 Å². The van der Waals surface area contributed by atoms with Crippen molar-refractivity contribution in [2.45, 2.75) is 0 Å². The lowest BCUT2D eigenvalue weighted by Crippen LogP contribution is -1.92. The Morgan fingerprint density at radius 1 is 0.438 bits per heavy atom. The summed E-state index contributed by atoms with van der Waals surface area (Å²) in [6.45, 7) is 0. The van der Waals surface area contributed by atoms with Crippen LogP contribution in [0.5, 0.6) is 0 Å². The number of nitrogens with zero attached hydrogens (tertiary/aromatic N) is 1. The van der Waals surface area contributed by atoms with Crippen LogP contribution in [0, 0.1) is 0 Å². The molecule has 0 fully saturated rings. The van der Waals surface area contributed by atoms with Gasteiger partial charge in [-0.2, -0.15) is 0 Å². The number of para-hydroxylation sites is 3. The predicted octanol–water partition coefficient (Wildman–Crippen LogP) is 8.35. The average molecular weight is 409 g/mol. The minimum absolute atomic E-state index is 0.924. The number of benzene rings is 5. The fourth-order valence-corrected chi connectivity index (χ4v) is 5.10. The minimum atomic E-state index is 0.924. The second kappa shape index (κ2) is 6.60. The van der Waals surface area contributed by atoms with Gasteiger partial charge in [-0.25, -0.2) is 0 Å². The molecule has 2 aromatic heterocycles. The van der Waals surface area contributed by atoms with Gasteiger partial charge in [-0.1, -0.05) is 78.9 Å². The molecule has 0 unspecified atom stereocenters. The van der Waals surface area contributed by atoms with Crippen LogP contribution in [0.4, 0.5) is 0 Å². The Balaban J connectivity index is 1.66. The van der Waals surface area contributed by atoms with Gasteiger partial charge < -0.3 is 8.98 Å². The summed E-state index contributed by atoms with van der Waals surface area (Å²) in [5.74, 6) is 0. The zero-order valence-corrected chi connectivity index (χ0v) is 17.3. The van der Waals surface area contributed by atoms with Crippen molar-refractivity contribution in [3.63, 3.8) is 0 Å². The number of fused-ring (bicyclic) bond motifs is 6. The molecular weight excluding hydrogens is 390 g/mol. The van der Waals surface area contributed by atoms with Crippen molar-refractivity contribution in [2.24, 2.45) is 0 Å². The van der Waals surface area contributed by atoms with E-state index in [1.807, 2.05) is 12.1 Å². The smallest absolute Gasteiger partial charge is 0.136 e. The van der Waals surface area contributed by atoms with Crippen LogP contribution in [0.25, 0.3) is 60.6 Å². The molecule has 0 saturated heterocycles. The van der Waals surface area contributed by atoms with Crippen LogP contribution in [-0.4, -0.2) is 4.57 Å². The molecule has 0 aliphatic carbocycles. The van der Waals surface area contributed by atoms with Crippen molar-refractivity contribution in [1.82, 2.24) is 4.57 Å². The van der Waals surface area contributed by atoms with Gasteiger partial charge >= 0.3 is 0 Å². The van der Waals surface area contributed by atoms with E-state index in [4.69, 9.17) is 4.42 Å². The first-order valence-corrected chi connectivity index (χ1v) is 10.9. The first kappa shape index (κ1) is 17.4. The molecule has 0 saturated carbocycles. The van der Waals surface area contributed by atoms with Crippen LogP contribution < -0.4 is 0 Å². The first-order valence-electron chi connectivity index (χ1n) is 10.9. The molecule has 0 bridgehead atoms. The third kappa shape index (κ3) is 2.35. The lowest BCUT2D eigenvalue weighted by molar-refractivity contribution is 0.669. The van der Waals surface area contributed by atoms with Crippen molar-refractivity contribution >= 4 is 43.7 Å². The molecule has 0 atom stereocenters. The Hall–Kier alpha value is -4.30.